The highest BCUT2D eigenvalue weighted by Crippen LogP contribution is 2.26. The summed E-state index contributed by atoms with van der Waals surface area (Å²) in [5.74, 6) is 5.56. The Balaban J connectivity index is 1.77. The third-order valence-electron chi connectivity index (χ3n) is 5.42. The SMILES string of the molecule is CCOC(=O)c1nc(-c2cccc(C#C[C@]3(O)CCN(C)C3=O)c2)nc2cc(OC)ccc12. The topological polar surface area (TPSA) is 102 Å². The zero-order valence-corrected chi connectivity index (χ0v) is 18.6. The van der Waals surface area contributed by atoms with Crippen LogP contribution in [0.25, 0.3) is 22.3 Å². The Bertz CT molecular complexity index is 1310. The van der Waals surface area contributed by atoms with Crippen LogP contribution in [0.1, 0.15) is 29.4 Å². The first kappa shape index (κ1) is 22.2. The maximum atomic E-state index is 12.6. The van der Waals surface area contributed by atoms with Crippen LogP contribution in [0.4, 0.5) is 0 Å². The number of esters is 1. The van der Waals surface area contributed by atoms with Crippen molar-refractivity contribution in [1.29, 1.82) is 0 Å². The molecule has 8 heteroatoms. The van der Waals surface area contributed by atoms with Crippen molar-refractivity contribution in [1.82, 2.24) is 14.9 Å². The van der Waals surface area contributed by atoms with E-state index in [1.54, 1.807) is 63.5 Å². The van der Waals surface area contributed by atoms with Crippen LogP contribution >= 0.6 is 0 Å². The Labute approximate surface area is 191 Å². The number of nitrogens with zero attached hydrogens (tertiary/aromatic N) is 3. The summed E-state index contributed by atoms with van der Waals surface area (Å²) >= 11 is 0. The summed E-state index contributed by atoms with van der Waals surface area (Å²) in [7, 11) is 3.19. The summed E-state index contributed by atoms with van der Waals surface area (Å²) in [5.41, 5.74) is 0.213. The molecule has 2 aromatic carbocycles. The number of benzene rings is 2. The highest BCUT2D eigenvalue weighted by molar-refractivity contribution is 6.02. The second-order valence-corrected chi connectivity index (χ2v) is 7.67. The van der Waals surface area contributed by atoms with E-state index in [0.717, 1.165) is 0 Å². The summed E-state index contributed by atoms with van der Waals surface area (Å²) in [6.07, 6.45) is 0.257. The van der Waals surface area contributed by atoms with Crippen molar-refractivity contribution in [2.24, 2.45) is 0 Å². The molecule has 1 amide bonds. The van der Waals surface area contributed by atoms with E-state index in [1.165, 1.54) is 4.90 Å². The number of methoxy groups -OCH3 is 1. The van der Waals surface area contributed by atoms with E-state index < -0.39 is 17.5 Å². The molecule has 0 spiro atoms. The quantitative estimate of drug-likeness (QED) is 0.486. The maximum absolute atomic E-state index is 12.6. The van der Waals surface area contributed by atoms with Gasteiger partial charge >= 0.3 is 5.97 Å². The molecule has 168 valence electrons. The number of hydrogen-bond donors (Lipinski definition) is 1. The lowest BCUT2D eigenvalue weighted by atomic mass is 10.0. The maximum Gasteiger partial charge on any atom is 0.357 e. The molecule has 1 fully saturated rings. The molecule has 0 unspecified atom stereocenters. The molecule has 4 rings (SSSR count). The molecule has 8 nitrogen and oxygen atoms in total. The number of ether oxygens (including phenoxy) is 2. The lowest BCUT2D eigenvalue weighted by Crippen LogP contribution is -2.37. The molecule has 1 aliphatic rings. The highest BCUT2D eigenvalue weighted by atomic mass is 16.5. The number of likely N-dealkylation sites (tertiary alicyclic amines) is 1. The lowest BCUT2D eigenvalue weighted by molar-refractivity contribution is -0.137. The van der Waals surface area contributed by atoms with E-state index in [0.29, 0.717) is 40.1 Å². The zero-order valence-electron chi connectivity index (χ0n) is 18.6. The van der Waals surface area contributed by atoms with Gasteiger partial charge in [0.2, 0.25) is 5.60 Å². The Hall–Kier alpha value is -3.96. The Morgan fingerprint density at radius 3 is 2.76 bits per heavy atom. The van der Waals surface area contributed by atoms with Crippen molar-refractivity contribution in [3.8, 4) is 29.0 Å². The van der Waals surface area contributed by atoms with E-state index in [2.05, 4.69) is 21.8 Å². The van der Waals surface area contributed by atoms with Crippen LogP contribution in [0.2, 0.25) is 0 Å². The van der Waals surface area contributed by atoms with Gasteiger partial charge < -0.3 is 19.5 Å². The number of likely N-dealkylation sites (N-methyl/N-ethyl adjacent to an activating group) is 1. The van der Waals surface area contributed by atoms with Crippen molar-refractivity contribution < 1.29 is 24.2 Å². The third kappa shape index (κ3) is 4.36. The van der Waals surface area contributed by atoms with Gasteiger partial charge in [0.05, 0.1) is 19.2 Å². The molecule has 33 heavy (non-hydrogen) atoms. The van der Waals surface area contributed by atoms with Crippen molar-refractivity contribution in [2.75, 3.05) is 27.3 Å². The van der Waals surface area contributed by atoms with Crippen molar-refractivity contribution in [3.05, 3.63) is 53.7 Å². The zero-order chi connectivity index (χ0) is 23.6. The average Bonchev–Trinajstić information content (AvgIpc) is 3.09. The second-order valence-electron chi connectivity index (χ2n) is 7.67. The van der Waals surface area contributed by atoms with Gasteiger partial charge in [-0.2, -0.15) is 0 Å². The van der Waals surface area contributed by atoms with E-state index >= 15 is 0 Å². The molecule has 0 aliphatic carbocycles. The normalized spacial score (nSPS) is 17.6. The largest absolute Gasteiger partial charge is 0.497 e. The minimum atomic E-state index is -1.68. The summed E-state index contributed by atoms with van der Waals surface area (Å²) in [4.78, 5) is 35.3. The molecular weight excluding hydrogens is 422 g/mol. The van der Waals surface area contributed by atoms with E-state index in [9.17, 15) is 14.7 Å². The number of carbonyl (C=O) groups is 2. The number of carbonyl (C=O) groups excluding carboxylic acids is 2. The second kappa shape index (κ2) is 8.88. The van der Waals surface area contributed by atoms with Gasteiger partial charge in [-0.3, -0.25) is 4.79 Å². The Morgan fingerprint density at radius 2 is 2.06 bits per heavy atom. The van der Waals surface area contributed by atoms with Gasteiger partial charge in [0.15, 0.2) is 11.5 Å². The fraction of sp³-hybridized carbons (Fsp3) is 0.280. The Morgan fingerprint density at radius 1 is 1.24 bits per heavy atom. The first-order valence-corrected chi connectivity index (χ1v) is 10.5. The highest BCUT2D eigenvalue weighted by Gasteiger charge is 2.42. The number of amides is 1. The summed E-state index contributed by atoms with van der Waals surface area (Å²) in [5, 5.41) is 11.1. The predicted octanol–water partition coefficient (Wildman–Crippen LogP) is 2.43. The molecular formula is C25H23N3O5. The van der Waals surface area contributed by atoms with Crippen molar-refractivity contribution in [3.63, 3.8) is 0 Å². The smallest absolute Gasteiger partial charge is 0.357 e. The van der Waals surface area contributed by atoms with Crippen LogP contribution in [0.3, 0.4) is 0 Å². The minimum absolute atomic E-state index is 0.157. The first-order valence-electron chi connectivity index (χ1n) is 10.5. The molecule has 3 aromatic rings. The fourth-order valence-electron chi connectivity index (χ4n) is 3.60. The van der Waals surface area contributed by atoms with Gasteiger partial charge in [-0.15, -0.1) is 0 Å². The summed E-state index contributed by atoms with van der Waals surface area (Å²) in [6.45, 7) is 2.40. The van der Waals surface area contributed by atoms with E-state index in [1.807, 2.05) is 0 Å². The van der Waals surface area contributed by atoms with Gasteiger partial charge in [0.25, 0.3) is 5.91 Å². The van der Waals surface area contributed by atoms with Crippen LogP contribution in [-0.4, -0.2) is 64.8 Å². The minimum Gasteiger partial charge on any atom is -0.497 e. The van der Waals surface area contributed by atoms with Gasteiger partial charge in [0, 0.05) is 42.6 Å². The molecule has 0 saturated carbocycles. The number of rotatable bonds is 4. The average molecular weight is 445 g/mol. The summed E-state index contributed by atoms with van der Waals surface area (Å²) < 4.78 is 10.5. The molecule has 1 aromatic heterocycles. The lowest BCUT2D eigenvalue weighted by Gasteiger charge is -2.13. The number of aromatic nitrogens is 2. The van der Waals surface area contributed by atoms with Gasteiger partial charge in [-0.05, 0) is 31.2 Å². The van der Waals surface area contributed by atoms with Gasteiger partial charge in [-0.25, -0.2) is 14.8 Å². The molecule has 0 bridgehead atoms. The van der Waals surface area contributed by atoms with Crippen LogP contribution in [0.15, 0.2) is 42.5 Å². The number of fused-ring (bicyclic) bond motifs is 1. The van der Waals surface area contributed by atoms with Gasteiger partial charge in [0.1, 0.15) is 5.75 Å². The van der Waals surface area contributed by atoms with Gasteiger partial charge in [-0.1, -0.05) is 24.0 Å². The first-order chi connectivity index (χ1) is 15.8. The number of aliphatic hydroxyl groups is 1. The van der Waals surface area contributed by atoms with Crippen LogP contribution in [0.5, 0.6) is 5.75 Å². The van der Waals surface area contributed by atoms with Crippen LogP contribution in [0, 0.1) is 11.8 Å². The molecule has 1 N–H and O–H groups in total. The molecule has 1 aliphatic heterocycles. The van der Waals surface area contributed by atoms with Crippen molar-refractivity contribution in [2.45, 2.75) is 18.9 Å². The molecule has 1 atom stereocenters. The van der Waals surface area contributed by atoms with Crippen LogP contribution in [-0.2, 0) is 9.53 Å². The van der Waals surface area contributed by atoms with E-state index in [4.69, 9.17) is 9.47 Å². The van der Waals surface area contributed by atoms with Crippen molar-refractivity contribution >= 4 is 22.8 Å². The third-order valence-corrected chi connectivity index (χ3v) is 5.42. The fourth-order valence-corrected chi connectivity index (χ4v) is 3.60. The summed E-state index contributed by atoms with van der Waals surface area (Å²) in [6, 6.07) is 12.3. The molecule has 2 heterocycles. The standard InChI is InChI=1S/C25H23N3O5/c1-4-33-23(29)21-19-9-8-18(32-3)15-20(19)26-22(27-21)17-7-5-6-16(14-17)10-11-25(31)12-13-28(2)24(25)30/h5-9,14-15,31H,4,12-13H2,1-3H3/t25-/m0/s1. The van der Waals surface area contributed by atoms with Crippen LogP contribution < -0.4 is 4.74 Å². The molecule has 1 saturated heterocycles. The Kier molecular flexibility index (Phi) is 5.99. The molecule has 0 radical (unpaired) electrons. The number of hydrogen-bond acceptors (Lipinski definition) is 7. The predicted molar refractivity (Wildman–Crippen MR) is 122 cm³/mol. The van der Waals surface area contributed by atoms with E-state index in [-0.39, 0.29) is 18.7 Å². The monoisotopic (exact) mass is 445 g/mol.